The van der Waals surface area contributed by atoms with Gasteiger partial charge in [-0.25, -0.2) is 4.98 Å². The molecule has 6 nitrogen and oxygen atoms in total. The predicted octanol–water partition coefficient (Wildman–Crippen LogP) is 5.57. The number of carbonyl (C=O) groups excluding carboxylic acids is 2. The number of H-pyrrole nitrogens is 1. The van der Waals surface area contributed by atoms with Gasteiger partial charge in [0.1, 0.15) is 17.0 Å². The molecular weight excluding hydrogens is 461 g/mol. The molecule has 33 heavy (non-hydrogen) atoms. The monoisotopic (exact) mass is 479 g/mol. The standard InChI is InChI=1S/C25H19Cl2N3O3/c1-25(14-7-9-16(33-2)10-8-14)23(31)22-17(27)11-15(26)12-20(22)30(24(25)32)13-21-28-18-5-3-4-6-19(18)29-21/h3-12H,13H2,1-2H3,(H,28,29). The number of Topliss-reactive ketones (excluding diaryl/α,β-unsaturated/α-hetero) is 1. The fourth-order valence-electron chi connectivity index (χ4n) is 4.29. The number of methoxy groups -OCH3 is 1. The van der Waals surface area contributed by atoms with E-state index < -0.39 is 5.41 Å². The van der Waals surface area contributed by atoms with Gasteiger partial charge in [-0.1, -0.05) is 47.5 Å². The number of anilines is 1. The van der Waals surface area contributed by atoms with Gasteiger partial charge in [-0.05, 0) is 48.9 Å². The molecule has 0 radical (unpaired) electrons. The number of aromatic amines is 1. The molecule has 166 valence electrons. The lowest BCUT2D eigenvalue weighted by Gasteiger charge is -2.39. The minimum atomic E-state index is -1.48. The largest absolute Gasteiger partial charge is 0.497 e. The number of imidazole rings is 1. The Morgan fingerprint density at radius 1 is 1.06 bits per heavy atom. The van der Waals surface area contributed by atoms with E-state index in [0.29, 0.717) is 27.8 Å². The van der Waals surface area contributed by atoms with Crippen molar-refractivity contribution in [1.29, 1.82) is 0 Å². The highest BCUT2D eigenvalue weighted by Gasteiger charge is 2.51. The number of rotatable bonds is 4. The van der Waals surface area contributed by atoms with Crippen molar-refractivity contribution in [3.8, 4) is 5.75 Å². The maximum atomic E-state index is 14.0. The Bertz CT molecular complexity index is 1380. The smallest absolute Gasteiger partial charge is 0.245 e. The van der Waals surface area contributed by atoms with Gasteiger partial charge in [0.25, 0.3) is 0 Å². The first-order valence-electron chi connectivity index (χ1n) is 10.3. The Hall–Kier alpha value is -3.35. The molecule has 8 heteroatoms. The number of hydrogen-bond donors (Lipinski definition) is 1. The van der Waals surface area contributed by atoms with E-state index >= 15 is 0 Å². The summed E-state index contributed by atoms with van der Waals surface area (Å²) in [6.45, 7) is 1.75. The van der Waals surface area contributed by atoms with Gasteiger partial charge in [-0.2, -0.15) is 0 Å². The highest BCUT2D eigenvalue weighted by molar-refractivity contribution is 6.41. The highest BCUT2D eigenvalue weighted by Crippen LogP contribution is 2.44. The summed E-state index contributed by atoms with van der Waals surface area (Å²) < 4.78 is 5.23. The number of amides is 1. The quantitative estimate of drug-likeness (QED) is 0.388. The zero-order valence-corrected chi connectivity index (χ0v) is 19.4. The number of nitrogens with one attached hydrogen (secondary N) is 1. The number of nitrogens with zero attached hydrogens (tertiary/aromatic N) is 2. The number of carbonyl (C=O) groups is 2. The first-order chi connectivity index (χ1) is 15.8. The van der Waals surface area contributed by atoms with Gasteiger partial charge in [0.2, 0.25) is 5.91 Å². The molecule has 0 saturated carbocycles. The zero-order chi connectivity index (χ0) is 23.3. The van der Waals surface area contributed by atoms with Crippen molar-refractivity contribution in [2.45, 2.75) is 18.9 Å². The molecule has 5 rings (SSSR count). The summed E-state index contributed by atoms with van der Waals surface area (Å²) in [5, 5.41) is 0.534. The van der Waals surface area contributed by atoms with Crippen LogP contribution in [0.3, 0.4) is 0 Å². The first-order valence-corrected chi connectivity index (χ1v) is 11.0. The fraction of sp³-hybridized carbons (Fsp3) is 0.160. The van der Waals surface area contributed by atoms with Crippen molar-refractivity contribution < 1.29 is 14.3 Å². The third-order valence-corrected chi connectivity index (χ3v) is 6.61. The van der Waals surface area contributed by atoms with Crippen molar-refractivity contribution in [3.63, 3.8) is 0 Å². The maximum Gasteiger partial charge on any atom is 0.245 e. The predicted molar refractivity (Wildman–Crippen MR) is 128 cm³/mol. The molecule has 1 aliphatic rings. The van der Waals surface area contributed by atoms with Crippen molar-refractivity contribution in [2.24, 2.45) is 0 Å². The molecule has 1 unspecified atom stereocenters. The van der Waals surface area contributed by atoms with Crippen LogP contribution in [0.4, 0.5) is 5.69 Å². The third-order valence-electron chi connectivity index (χ3n) is 6.09. The van der Waals surface area contributed by atoms with Crippen LogP contribution in [0.2, 0.25) is 10.0 Å². The van der Waals surface area contributed by atoms with Gasteiger partial charge in [-0.3, -0.25) is 9.59 Å². The van der Waals surface area contributed by atoms with Crippen LogP contribution in [0, 0.1) is 0 Å². The van der Waals surface area contributed by atoms with Crippen LogP contribution >= 0.6 is 23.2 Å². The van der Waals surface area contributed by atoms with Gasteiger partial charge in [0.15, 0.2) is 5.78 Å². The van der Waals surface area contributed by atoms with Crippen LogP contribution in [-0.2, 0) is 16.8 Å². The Morgan fingerprint density at radius 2 is 1.79 bits per heavy atom. The Morgan fingerprint density at radius 3 is 2.48 bits per heavy atom. The highest BCUT2D eigenvalue weighted by atomic mass is 35.5. The van der Waals surface area contributed by atoms with Crippen molar-refractivity contribution in [1.82, 2.24) is 9.97 Å². The minimum absolute atomic E-state index is 0.121. The summed E-state index contributed by atoms with van der Waals surface area (Å²) in [7, 11) is 1.56. The van der Waals surface area contributed by atoms with E-state index in [9.17, 15) is 9.59 Å². The minimum Gasteiger partial charge on any atom is -0.497 e. The van der Waals surface area contributed by atoms with Crippen molar-refractivity contribution >= 4 is 51.6 Å². The lowest BCUT2D eigenvalue weighted by Crippen LogP contribution is -2.54. The molecule has 3 aromatic carbocycles. The second-order valence-electron chi connectivity index (χ2n) is 8.06. The van der Waals surface area contributed by atoms with Crippen molar-refractivity contribution in [3.05, 3.63) is 87.7 Å². The molecule has 1 aliphatic heterocycles. The Balaban J connectivity index is 1.67. The molecular formula is C25H19Cl2N3O3. The number of benzene rings is 3. The van der Waals surface area contributed by atoms with Gasteiger partial charge in [0.05, 0.1) is 41.0 Å². The van der Waals surface area contributed by atoms with E-state index in [1.54, 1.807) is 44.4 Å². The number of halogens is 2. The number of ketones is 1. The second-order valence-corrected chi connectivity index (χ2v) is 8.90. The van der Waals surface area contributed by atoms with Crippen LogP contribution in [0.5, 0.6) is 5.75 Å². The normalized spacial score (nSPS) is 18.0. The van der Waals surface area contributed by atoms with Crippen LogP contribution in [0.1, 0.15) is 28.7 Å². The van der Waals surface area contributed by atoms with E-state index in [1.165, 1.54) is 11.0 Å². The number of para-hydroxylation sites is 2. The molecule has 0 fully saturated rings. The van der Waals surface area contributed by atoms with E-state index in [-0.39, 0.29) is 28.8 Å². The van der Waals surface area contributed by atoms with Crippen molar-refractivity contribution in [2.75, 3.05) is 12.0 Å². The second kappa shape index (κ2) is 7.90. The summed E-state index contributed by atoms with van der Waals surface area (Å²) in [5.41, 5.74) is 1.34. The summed E-state index contributed by atoms with van der Waals surface area (Å²) in [6.07, 6.45) is 0. The lowest BCUT2D eigenvalue weighted by atomic mass is 9.72. The zero-order valence-electron chi connectivity index (χ0n) is 17.9. The van der Waals surface area contributed by atoms with Gasteiger partial charge in [0, 0.05) is 5.02 Å². The van der Waals surface area contributed by atoms with Gasteiger partial charge < -0.3 is 14.6 Å². The lowest BCUT2D eigenvalue weighted by molar-refractivity contribution is -0.122. The Labute approximate surface area is 200 Å². The van der Waals surface area contributed by atoms with Crippen LogP contribution < -0.4 is 9.64 Å². The van der Waals surface area contributed by atoms with E-state index in [1.807, 2.05) is 24.3 Å². The van der Waals surface area contributed by atoms with Crippen LogP contribution in [-0.4, -0.2) is 28.8 Å². The summed E-state index contributed by atoms with van der Waals surface area (Å²) in [5.74, 6) is 0.444. The molecule has 0 bridgehead atoms. The SMILES string of the molecule is COc1ccc(C2(C)C(=O)c3c(Cl)cc(Cl)cc3N(Cc3nc4ccccc4[nH]3)C2=O)cc1. The maximum absolute atomic E-state index is 14.0. The number of ether oxygens (including phenoxy) is 1. The number of hydrogen-bond acceptors (Lipinski definition) is 4. The molecule has 0 aliphatic carbocycles. The summed E-state index contributed by atoms with van der Waals surface area (Å²) >= 11 is 12.8. The molecule has 0 saturated heterocycles. The van der Waals surface area contributed by atoms with E-state index in [0.717, 1.165) is 11.0 Å². The van der Waals surface area contributed by atoms with E-state index in [4.69, 9.17) is 27.9 Å². The molecule has 2 heterocycles. The molecule has 1 aromatic heterocycles. The van der Waals surface area contributed by atoms with Gasteiger partial charge in [-0.15, -0.1) is 0 Å². The number of aromatic nitrogens is 2. The molecule has 4 aromatic rings. The third kappa shape index (κ3) is 3.37. The first kappa shape index (κ1) is 21.5. The van der Waals surface area contributed by atoms with E-state index in [2.05, 4.69) is 9.97 Å². The van der Waals surface area contributed by atoms with Crippen LogP contribution in [0.15, 0.2) is 60.7 Å². The fourth-order valence-corrected chi connectivity index (χ4v) is 4.86. The average molecular weight is 480 g/mol. The molecule has 1 amide bonds. The van der Waals surface area contributed by atoms with Gasteiger partial charge >= 0.3 is 0 Å². The average Bonchev–Trinajstić information content (AvgIpc) is 3.22. The summed E-state index contributed by atoms with van der Waals surface area (Å²) in [6, 6.07) is 17.6. The van der Waals surface area contributed by atoms with Crippen LogP contribution in [0.25, 0.3) is 11.0 Å². The molecule has 1 atom stereocenters. The number of fused-ring (bicyclic) bond motifs is 2. The molecule has 1 N–H and O–H groups in total. The molecule has 0 spiro atoms. The Kier molecular flexibility index (Phi) is 5.15. The summed E-state index contributed by atoms with van der Waals surface area (Å²) in [4.78, 5) is 37.1. The topological polar surface area (TPSA) is 75.3 Å².